The lowest BCUT2D eigenvalue weighted by atomic mass is 9.88. The van der Waals surface area contributed by atoms with Gasteiger partial charge in [-0.25, -0.2) is 17.9 Å². The summed E-state index contributed by atoms with van der Waals surface area (Å²) in [5, 5.41) is 4.98. The summed E-state index contributed by atoms with van der Waals surface area (Å²) in [4.78, 5) is 30.4. The number of nitrogens with two attached hydrogens (primary N) is 1. The number of nitrogen functional groups attached to an aromatic ring is 1. The number of ketones is 1. The molecule has 0 radical (unpaired) electrons. The highest BCUT2D eigenvalue weighted by Crippen LogP contribution is 2.38. The molecule has 1 aliphatic heterocycles. The molecule has 3 heterocycles. The van der Waals surface area contributed by atoms with Crippen LogP contribution in [0.3, 0.4) is 0 Å². The minimum atomic E-state index is -2.65. The molecule has 3 aromatic carbocycles. The quantitative estimate of drug-likeness (QED) is 0.173. The molecule has 6 rings (SSSR count). The highest BCUT2D eigenvalue weighted by Gasteiger charge is 2.27. The molecule has 1 aliphatic rings. The number of fused-ring (bicyclic) bond motifs is 1. The number of ether oxygens (including phenoxy) is 2. The maximum atomic E-state index is 14.0. The third-order valence-corrected chi connectivity index (χ3v) is 8.25. The van der Waals surface area contributed by atoms with Gasteiger partial charge in [0.05, 0.1) is 23.1 Å². The molecule has 5 aromatic rings. The van der Waals surface area contributed by atoms with Crippen LogP contribution in [0.2, 0.25) is 0 Å². The van der Waals surface area contributed by atoms with Gasteiger partial charge in [0.25, 0.3) is 6.43 Å². The number of H-pyrrole nitrogens is 1. The number of para-hydroxylation sites is 1. The van der Waals surface area contributed by atoms with E-state index in [2.05, 4.69) is 10.1 Å². The molecule has 1 fully saturated rings. The van der Waals surface area contributed by atoms with E-state index in [1.54, 1.807) is 47.4 Å². The lowest BCUT2D eigenvalue weighted by Crippen LogP contribution is -2.36. The molecular formula is C34H32F3N5O4. The number of anilines is 1. The first-order valence-corrected chi connectivity index (χ1v) is 14.8. The molecule has 0 atom stereocenters. The first-order chi connectivity index (χ1) is 22.1. The number of halogens is 3. The van der Waals surface area contributed by atoms with Gasteiger partial charge < -0.3 is 25.1 Å². The Kier molecular flexibility index (Phi) is 8.44. The number of hydrogen-bond donors (Lipinski definition) is 2. The number of aryl methyl sites for hydroxylation is 1. The molecule has 0 spiro atoms. The van der Waals surface area contributed by atoms with Crippen LogP contribution in [-0.2, 0) is 4.79 Å². The first-order valence-electron chi connectivity index (χ1n) is 14.8. The fraction of sp³-hybridized carbons (Fsp3) is 0.265. The van der Waals surface area contributed by atoms with E-state index in [4.69, 9.17) is 15.2 Å². The van der Waals surface area contributed by atoms with Crippen molar-refractivity contribution < 1.29 is 32.2 Å². The number of carbonyl (C=O) groups is 2. The number of aromatic amines is 1. The first kappa shape index (κ1) is 30.8. The number of alkyl halides is 2. The fourth-order valence-corrected chi connectivity index (χ4v) is 5.85. The van der Waals surface area contributed by atoms with Crippen molar-refractivity contribution in [3.8, 4) is 22.9 Å². The molecule has 12 heteroatoms. The van der Waals surface area contributed by atoms with Crippen molar-refractivity contribution in [3.63, 3.8) is 0 Å². The molecule has 0 saturated carbocycles. The Hall–Kier alpha value is -5.26. The topological polar surface area (TPSA) is 115 Å². The second kappa shape index (κ2) is 12.6. The molecular weight excluding hydrogens is 599 g/mol. The number of likely N-dealkylation sites (tertiary alicyclic amines) is 1. The number of nitrogens with one attached hydrogen (secondary N) is 1. The Balaban J connectivity index is 1.27. The molecule has 238 valence electrons. The number of piperidine rings is 1. The van der Waals surface area contributed by atoms with Gasteiger partial charge in [0, 0.05) is 30.9 Å². The summed E-state index contributed by atoms with van der Waals surface area (Å²) < 4.78 is 52.9. The van der Waals surface area contributed by atoms with Gasteiger partial charge in [0.2, 0.25) is 11.7 Å². The number of amides is 1. The third kappa shape index (κ3) is 6.15. The summed E-state index contributed by atoms with van der Waals surface area (Å²) in [5.74, 6) is 0.0812. The van der Waals surface area contributed by atoms with Gasteiger partial charge in [-0.15, -0.1) is 0 Å². The summed E-state index contributed by atoms with van der Waals surface area (Å²) >= 11 is 0. The smallest absolute Gasteiger partial charge is 0.272 e. The molecule has 0 unspecified atom stereocenters. The van der Waals surface area contributed by atoms with Crippen LogP contribution in [-0.4, -0.2) is 57.5 Å². The number of benzene rings is 3. The van der Waals surface area contributed by atoms with Gasteiger partial charge >= 0.3 is 0 Å². The van der Waals surface area contributed by atoms with E-state index in [1.807, 2.05) is 13.0 Å². The van der Waals surface area contributed by atoms with Crippen LogP contribution in [0.5, 0.6) is 17.2 Å². The van der Waals surface area contributed by atoms with Crippen molar-refractivity contribution in [2.24, 2.45) is 0 Å². The van der Waals surface area contributed by atoms with Crippen molar-refractivity contribution in [1.82, 2.24) is 19.7 Å². The maximum absolute atomic E-state index is 14.0. The summed E-state index contributed by atoms with van der Waals surface area (Å²) in [6, 6.07) is 16.3. The largest absolute Gasteiger partial charge is 0.487 e. The van der Waals surface area contributed by atoms with E-state index in [0.717, 1.165) is 11.1 Å². The average Bonchev–Trinajstić information content (AvgIpc) is 3.63. The molecule has 0 aliphatic carbocycles. The molecule has 46 heavy (non-hydrogen) atoms. The van der Waals surface area contributed by atoms with E-state index >= 15 is 0 Å². The van der Waals surface area contributed by atoms with Crippen LogP contribution < -0.4 is 15.2 Å². The monoisotopic (exact) mass is 631 g/mol. The molecule has 3 N–H and O–H groups in total. The third-order valence-electron chi connectivity index (χ3n) is 8.25. The average molecular weight is 632 g/mol. The van der Waals surface area contributed by atoms with Crippen LogP contribution in [0, 0.1) is 12.7 Å². The minimum absolute atomic E-state index is 0.000807. The van der Waals surface area contributed by atoms with Crippen molar-refractivity contribution in [1.29, 1.82) is 0 Å². The molecule has 1 amide bonds. The van der Waals surface area contributed by atoms with Crippen LogP contribution in [0.1, 0.15) is 52.9 Å². The van der Waals surface area contributed by atoms with Crippen molar-refractivity contribution in [2.75, 3.05) is 25.4 Å². The zero-order valence-electron chi connectivity index (χ0n) is 25.2. The Bertz CT molecular complexity index is 1930. The van der Waals surface area contributed by atoms with Crippen LogP contribution >= 0.6 is 0 Å². The number of hydrogen-bond acceptors (Lipinski definition) is 6. The maximum Gasteiger partial charge on any atom is 0.272 e. The fourth-order valence-electron chi connectivity index (χ4n) is 5.85. The SMILES string of the molecule is CC(=O)N1CCC(c2cc3[nH]c(C(=O)c4cnn(-c5ccc(Oc6ccccc6F)cc5C)c4N)cc3cc2OCC(F)F)CC1. The Labute approximate surface area is 262 Å². The highest BCUT2D eigenvalue weighted by atomic mass is 19.3. The second-order valence-corrected chi connectivity index (χ2v) is 11.3. The number of aromatic nitrogens is 3. The molecule has 1 saturated heterocycles. The lowest BCUT2D eigenvalue weighted by Gasteiger charge is -2.32. The van der Waals surface area contributed by atoms with Crippen molar-refractivity contribution in [2.45, 2.75) is 39.0 Å². The predicted molar refractivity (Wildman–Crippen MR) is 167 cm³/mol. The molecule has 9 nitrogen and oxygen atoms in total. The predicted octanol–water partition coefficient (Wildman–Crippen LogP) is 6.78. The van der Waals surface area contributed by atoms with Gasteiger partial charge in [-0.3, -0.25) is 9.59 Å². The summed E-state index contributed by atoms with van der Waals surface area (Å²) in [6.45, 7) is 3.71. The summed E-state index contributed by atoms with van der Waals surface area (Å²) in [6.07, 6.45) is 0.0602. The second-order valence-electron chi connectivity index (χ2n) is 11.3. The van der Waals surface area contributed by atoms with Crippen LogP contribution in [0.4, 0.5) is 19.0 Å². The zero-order valence-corrected chi connectivity index (χ0v) is 25.2. The van der Waals surface area contributed by atoms with E-state index in [0.29, 0.717) is 54.0 Å². The van der Waals surface area contributed by atoms with E-state index in [9.17, 15) is 22.8 Å². The normalized spacial score (nSPS) is 13.8. The van der Waals surface area contributed by atoms with E-state index in [-0.39, 0.29) is 34.6 Å². The molecule has 0 bridgehead atoms. The van der Waals surface area contributed by atoms with E-state index in [1.165, 1.54) is 29.9 Å². The highest BCUT2D eigenvalue weighted by molar-refractivity contribution is 6.12. The summed E-state index contributed by atoms with van der Waals surface area (Å²) in [5.41, 5.74) is 9.58. The Morgan fingerprint density at radius 2 is 1.83 bits per heavy atom. The van der Waals surface area contributed by atoms with Gasteiger partial charge in [-0.05, 0) is 85.3 Å². The number of nitrogens with zero attached hydrogens (tertiary/aromatic N) is 3. The van der Waals surface area contributed by atoms with Gasteiger partial charge in [0.1, 0.15) is 23.9 Å². The van der Waals surface area contributed by atoms with E-state index < -0.39 is 24.6 Å². The zero-order chi connectivity index (χ0) is 32.5. The van der Waals surface area contributed by atoms with Crippen molar-refractivity contribution >= 4 is 28.4 Å². The minimum Gasteiger partial charge on any atom is -0.487 e. The Morgan fingerprint density at radius 3 is 2.52 bits per heavy atom. The van der Waals surface area contributed by atoms with Gasteiger partial charge in [0.15, 0.2) is 11.6 Å². The standard InChI is InChI=1S/C34H32F3N5O4/c1-19-13-23(46-30-6-4-3-5-26(30)35)7-8-29(19)42-34(38)25(17-39-42)33(44)28-14-22-15-31(45-18-32(36)37)24(16-27(22)40-28)21-9-11-41(12-10-21)20(2)43/h3-8,13-17,21,32,40H,9-12,18,38H2,1-2H3. The van der Waals surface area contributed by atoms with Crippen molar-refractivity contribution in [3.05, 3.63) is 95.1 Å². The van der Waals surface area contributed by atoms with Crippen LogP contribution in [0.15, 0.2) is 66.9 Å². The van der Waals surface area contributed by atoms with Gasteiger partial charge in [-0.2, -0.15) is 5.10 Å². The number of carbonyl (C=O) groups excluding carboxylic acids is 2. The van der Waals surface area contributed by atoms with Gasteiger partial charge in [-0.1, -0.05) is 12.1 Å². The Morgan fingerprint density at radius 1 is 1.07 bits per heavy atom. The van der Waals surface area contributed by atoms with Crippen LogP contribution in [0.25, 0.3) is 16.6 Å². The summed E-state index contributed by atoms with van der Waals surface area (Å²) in [7, 11) is 0. The lowest BCUT2D eigenvalue weighted by molar-refractivity contribution is -0.129. The molecule has 2 aromatic heterocycles. The number of rotatable bonds is 9.